The molecule has 0 fully saturated rings. The second-order valence-corrected chi connectivity index (χ2v) is 7.82. The van der Waals surface area contributed by atoms with Crippen LogP contribution in [-0.4, -0.2) is 51.2 Å². The summed E-state index contributed by atoms with van der Waals surface area (Å²) in [7, 11) is 0. The first-order valence-electron chi connectivity index (χ1n) is 9.96. The molecule has 1 heterocycles. The van der Waals surface area contributed by atoms with Gasteiger partial charge < -0.3 is 4.57 Å². The van der Waals surface area contributed by atoms with Gasteiger partial charge in [-0.3, -0.25) is 10.1 Å². The summed E-state index contributed by atoms with van der Waals surface area (Å²) >= 11 is 0. The number of fused-ring (bicyclic) bond motifs is 1. The van der Waals surface area contributed by atoms with E-state index in [9.17, 15) is 61.9 Å². The average Bonchev–Trinajstić information content (AvgIpc) is 3.15. The molecule has 0 aliphatic carbocycles. The number of alkyl halides is 13. The lowest BCUT2D eigenvalue weighted by Crippen LogP contribution is -2.71. The quantitative estimate of drug-likeness (QED) is 0.305. The van der Waals surface area contributed by atoms with Crippen LogP contribution in [0.2, 0.25) is 0 Å². The molecule has 4 nitrogen and oxygen atoms in total. The molecule has 0 spiro atoms. The van der Waals surface area contributed by atoms with E-state index in [0.29, 0.717) is 5.56 Å². The van der Waals surface area contributed by atoms with Crippen LogP contribution in [0.5, 0.6) is 0 Å². The molecular formula is C21H12F13N3O. The first-order chi connectivity index (χ1) is 17.2. The van der Waals surface area contributed by atoms with Crippen molar-refractivity contribution in [2.24, 2.45) is 0 Å². The van der Waals surface area contributed by atoms with Crippen molar-refractivity contribution in [1.82, 2.24) is 9.55 Å². The standard InChI is InChI=1S/C21H12F13N3O/c22-16(23,17(24,25)18(26,27)19(28,29)20(30,31)21(32,33)34)14(38)36-15-35-12-8-4-5-9-13(12)37(15)10-11-6-2-1-3-7-11/h1-9H,10H2,(H,35,36,38). The van der Waals surface area contributed by atoms with Crippen molar-refractivity contribution in [3.05, 3.63) is 60.2 Å². The molecule has 0 bridgehead atoms. The second kappa shape index (κ2) is 9.04. The summed E-state index contributed by atoms with van der Waals surface area (Å²) in [5.41, 5.74) is 0.461. The van der Waals surface area contributed by atoms with Crippen LogP contribution in [0, 0.1) is 0 Å². The van der Waals surface area contributed by atoms with Crippen LogP contribution in [0.3, 0.4) is 0 Å². The highest BCUT2D eigenvalue weighted by atomic mass is 19.4. The van der Waals surface area contributed by atoms with Crippen molar-refractivity contribution in [2.45, 2.75) is 42.3 Å². The molecule has 0 unspecified atom stereocenters. The summed E-state index contributed by atoms with van der Waals surface area (Å²) in [6, 6.07) is 13.0. The summed E-state index contributed by atoms with van der Waals surface area (Å²) in [4.78, 5) is 15.7. The fourth-order valence-corrected chi connectivity index (χ4v) is 3.19. The molecule has 2 aromatic carbocycles. The molecule has 208 valence electrons. The largest absolute Gasteiger partial charge is 0.460 e. The summed E-state index contributed by atoms with van der Waals surface area (Å²) < 4.78 is 175. The zero-order valence-corrected chi connectivity index (χ0v) is 18.1. The summed E-state index contributed by atoms with van der Waals surface area (Å²) in [6.07, 6.45) is -7.55. The van der Waals surface area contributed by atoms with Crippen molar-refractivity contribution in [1.29, 1.82) is 0 Å². The number of rotatable bonds is 8. The van der Waals surface area contributed by atoms with Gasteiger partial charge in [-0.05, 0) is 17.7 Å². The number of hydrogen-bond donors (Lipinski definition) is 1. The number of amides is 1. The van der Waals surface area contributed by atoms with Gasteiger partial charge in [-0.2, -0.15) is 57.1 Å². The number of anilines is 1. The van der Waals surface area contributed by atoms with Gasteiger partial charge in [-0.25, -0.2) is 4.98 Å². The molecule has 3 aromatic rings. The van der Waals surface area contributed by atoms with E-state index in [2.05, 4.69) is 4.98 Å². The van der Waals surface area contributed by atoms with Crippen LogP contribution < -0.4 is 5.32 Å². The zero-order chi connectivity index (χ0) is 28.9. The van der Waals surface area contributed by atoms with Crippen molar-refractivity contribution in [2.75, 3.05) is 5.32 Å². The Morgan fingerprint density at radius 3 is 1.74 bits per heavy atom. The average molecular weight is 569 g/mol. The van der Waals surface area contributed by atoms with Gasteiger partial charge in [0, 0.05) is 0 Å². The predicted molar refractivity (Wildman–Crippen MR) is 105 cm³/mol. The van der Waals surface area contributed by atoms with E-state index in [-0.39, 0.29) is 17.6 Å². The maximum atomic E-state index is 14.3. The van der Waals surface area contributed by atoms with Gasteiger partial charge in [0.1, 0.15) is 0 Å². The number of nitrogens with zero attached hydrogens (tertiary/aromatic N) is 2. The number of carbonyl (C=O) groups excluding carboxylic acids is 1. The summed E-state index contributed by atoms with van der Waals surface area (Å²) in [5.74, 6) is -43.2. The second-order valence-electron chi connectivity index (χ2n) is 7.82. The number of aromatic nitrogens is 2. The van der Waals surface area contributed by atoms with Gasteiger partial charge >= 0.3 is 41.7 Å². The monoisotopic (exact) mass is 569 g/mol. The Balaban J connectivity index is 2.02. The predicted octanol–water partition coefficient (Wildman–Crippen LogP) is 6.76. The fourth-order valence-electron chi connectivity index (χ4n) is 3.19. The Hall–Kier alpha value is -3.53. The number of benzene rings is 2. The lowest BCUT2D eigenvalue weighted by atomic mass is 9.93. The van der Waals surface area contributed by atoms with Crippen LogP contribution >= 0.6 is 0 Å². The molecule has 1 aromatic heterocycles. The molecule has 0 saturated heterocycles. The minimum Gasteiger partial charge on any atom is -0.305 e. The molecule has 0 saturated carbocycles. The highest BCUT2D eigenvalue weighted by Gasteiger charge is 2.91. The number of carbonyl (C=O) groups is 1. The van der Waals surface area contributed by atoms with E-state index >= 15 is 0 Å². The van der Waals surface area contributed by atoms with Gasteiger partial charge in [0.2, 0.25) is 5.95 Å². The molecule has 1 N–H and O–H groups in total. The summed E-state index contributed by atoms with van der Waals surface area (Å²) in [5, 5.41) is 1.05. The zero-order valence-electron chi connectivity index (χ0n) is 18.1. The van der Waals surface area contributed by atoms with E-state index in [1.165, 1.54) is 48.5 Å². The van der Waals surface area contributed by atoms with Crippen molar-refractivity contribution in [3.63, 3.8) is 0 Å². The van der Waals surface area contributed by atoms with E-state index in [1.807, 2.05) is 0 Å². The third kappa shape index (κ3) is 4.30. The minimum absolute atomic E-state index is 0.0458. The number of imidazole rings is 1. The molecule has 17 heteroatoms. The van der Waals surface area contributed by atoms with Crippen LogP contribution in [0.15, 0.2) is 54.6 Å². The lowest BCUT2D eigenvalue weighted by molar-refractivity contribution is -0.435. The Morgan fingerprint density at radius 2 is 1.18 bits per heavy atom. The van der Waals surface area contributed by atoms with Crippen LogP contribution in [0.1, 0.15) is 5.56 Å². The molecule has 1 amide bonds. The molecule has 0 aliphatic rings. The lowest BCUT2D eigenvalue weighted by Gasteiger charge is -2.39. The highest BCUT2D eigenvalue weighted by Crippen LogP contribution is 2.60. The first kappa shape index (κ1) is 29.0. The topological polar surface area (TPSA) is 46.9 Å². The van der Waals surface area contributed by atoms with E-state index in [0.717, 1.165) is 9.88 Å². The fraction of sp³-hybridized carbons (Fsp3) is 0.333. The number of hydrogen-bond acceptors (Lipinski definition) is 2. The molecule has 38 heavy (non-hydrogen) atoms. The van der Waals surface area contributed by atoms with Crippen LogP contribution in [0.4, 0.5) is 63.0 Å². The summed E-state index contributed by atoms with van der Waals surface area (Å²) in [6.45, 7) is -0.287. The Labute approximate surface area is 203 Å². The molecule has 0 atom stereocenters. The Kier molecular flexibility index (Phi) is 6.91. The van der Waals surface area contributed by atoms with Gasteiger partial charge in [0.25, 0.3) is 0 Å². The first-order valence-corrected chi connectivity index (χ1v) is 9.96. The number of halogens is 13. The van der Waals surface area contributed by atoms with Gasteiger partial charge in [0.15, 0.2) is 0 Å². The minimum atomic E-state index is -8.11. The molecule has 0 aliphatic heterocycles. The number of para-hydroxylation sites is 2. The van der Waals surface area contributed by atoms with E-state index in [1.54, 1.807) is 6.07 Å². The smallest absolute Gasteiger partial charge is 0.305 e. The van der Waals surface area contributed by atoms with Gasteiger partial charge in [0.05, 0.1) is 17.6 Å². The highest BCUT2D eigenvalue weighted by molar-refractivity contribution is 5.97. The maximum Gasteiger partial charge on any atom is 0.460 e. The van der Waals surface area contributed by atoms with E-state index in [4.69, 9.17) is 0 Å². The maximum absolute atomic E-state index is 14.3. The molecule has 3 rings (SSSR count). The Bertz CT molecular complexity index is 1320. The van der Waals surface area contributed by atoms with Crippen molar-refractivity contribution in [3.8, 4) is 0 Å². The van der Waals surface area contributed by atoms with Gasteiger partial charge in [-0.1, -0.05) is 42.5 Å². The molecular weight excluding hydrogens is 557 g/mol. The van der Waals surface area contributed by atoms with E-state index < -0.39 is 47.6 Å². The molecule has 0 radical (unpaired) electrons. The van der Waals surface area contributed by atoms with Crippen molar-refractivity contribution < 1.29 is 61.9 Å². The van der Waals surface area contributed by atoms with Crippen LogP contribution in [0.25, 0.3) is 11.0 Å². The Morgan fingerprint density at radius 1 is 0.684 bits per heavy atom. The SMILES string of the molecule is O=C(Nc1nc2ccccc2n1Cc1ccccc1)C(F)(F)C(F)(F)C(F)(F)C(F)(F)C(F)(F)C(F)(F)F. The van der Waals surface area contributed by atoms with Crippen LogP contribution in [-0.2, 0) is 11.3 Å². The van der Waals surface area contributed by atoms with Gasteiger partial charge in [-0.15, -0.1) is 0 Å². The third-order valence-electron chi connectivity index (χ3n) is 5.28. The normalized spacial score (nSPS) is 14.1. The van der Waals surface area contributed by atoms with Crippen molar-refractivity contribution >= 4 is 22.9 Å². The number of nitrogens with one attached hydrogen (secondary N) is 1. The third-order valence-corrected chi connectivity index (χ3v) is 5.28.